The number of rotatable bonds is 9. The molecular formula is C68H45N7. The highest BCUT2D eigenvalue weighted by atomic mass is 15.2. The predicted molar refractivity (Wildman–Crippen MR) is 308 cm³/mol. The maximum Gasteiger partial charge on any atom is 0.0991 e. The summed E-state index contributed by atoms with van der Waals surface area (Å²) >= 11 is 0. The summed E-state index contributed by atoms with van der Waals surface area (Å²) in [5.74, 6) is 0. The van der Waals surface area contributed by atoms with E-state index in [1.807, 2.05) is 48.5 Å². The van der Waals surface area contributed by atoms with Gasteiger partial charge in [0.25, 0.3) is 0 Å². The molecule has 0 radical (unpaired) electrons. The van der Waals surface area contributed by atoms with Gasteiger partial charge in [-0.1, -0.05) is 84.9 Å². The van der Waals surface area contributed by atoms with Crippen LogP contribution in [0.5, 0.6) is 0 Å². The molecule has 0 fully saturated rings. The summed E-state index contributed by atoms with van der Waals surface area (Å²) in [6, 6.07) is 88.0. The Morgan fingerprint density at radius 2 is 0.693 bits per heavy atom. The zero-order chi connectivity index (χ0) is 50.0. The van der Waals surface area contributed by atoms with Crippen molar-refractivity contribution in [3.05, 3.63) is 265 Å². The Hall–Kier alpha value is -10.3. The largest absolute Gasteiger partial charge is 0.313 e. The number of nitrogens with zero attached hydrogens (tertiary/aromatic N) is 7. The zero-order valence-corrected chi connectivity index (χ0v) is 40.7. The second-order valence-corrected chi connectivity index (χ2v) is 19.1. The van der Waals surface area contributed by atoms with E-state index < -0.39 is 0 Å². The summed E-state index contributed by atoms with van der Waals surface area (Å²) in [4.78, 5) is 4.62. The maximum absolute atomic E-state index is 9.91. The number of nitriles is 2. The van der Waals surface area contributed by atoms with E-state index in [0.29, 0.717) is 11.1 Å². The Balaban J connectivity index is 0.986. The molecular weight excluding hydrogens is 915 g/mol. The molecule has 0 saturated heterocycles. The Labute approximate surface area is 433 Å². The van der Waals surface area contributed by atoms with Gasteiger partial charge in [-0.25, -0.2) is 0 Å². The normalized spacial score (nSPS) is 12.1. The second-order valence-electron chi connectivity index (χ2n) is 19.1. The zero-order valence-electron chi connectivity index (χ0n) is 40.7. The number of hydrogen-bond acceptors (Lipinski definition) is 4. The highest BCUT2D eigenvalue weighted by molar-refractivity contribution is 6.13. The van der Waals surface area contributed by atoms with Crippen LogP contribution < -0.4 is 9.80 Å². The minimum absolute atomic E-state index is 0.602. The minimum atomic E-state index is 0.602. The summed E-state index contributed by atoms with van der Waals surface area (Å²) in [6.45, 7) is 0. The van der Waals surface area contributed by atoms with Crippen LogP contribution >= 0.6 is 0 Å². The smallest absolute Gasteiger partial charge is 0.0991 e. The highest BCUT2D eigenvalue weighted by Crippen LogP contribution is 2.46. The maximum atomic E-state index is 9.91. The Morgan fingerprint density at radius 3 is 1.15 bits per heavy atom. The van der Waals surface area contributed by atoms with Crippen LogP contribution in [0.4, 0.5) is 34.1 Å². The number of fused-ring (bicyclic) bond motifs is 9. The van der Waals surface area contributed by atoms with Gasteiger partial charge in [0.2, 0.25) is 0 Å². The Kier molecular flexibility index (Phi) is 10.3. The fraction of sp³-hybridized carbons (Fsp3) is 0.0294. The van der Waals surface area contributed by atoms with Crippen LogP contribution in [0.15, 0.2) is 243 Å². The lowest BCUT2D eigenvalue weighted by Crippen LogP contribution is -2.10. The molecule has 0 unspecified atom stereocenters. The van der Waals surface area contributed by atoms with Crippen LogP contribution in [0, 0.1) is 22.7 Å². The third-order valence-electron chi connectivity index (χ3n) is 14.9. The van der Waals surface area contributed by atoms with Crippen molar-refractivity contribution < 1.29 is 0 Å². The summed E-state index contributed by atoms with van der Waals surface area (Å²) in [6.07, 6.45) is 6.54. The first-order valence-electron chi connectivity index (χ1n) is 25.3. The van der Waals surface area contributed by atoms with Crippen LogP contribution in [-0.2, 0) is 6.42 Å². The van der Waals surface area contributed by atoms with E-state index in [1.165, 1.54) is 27.5 Å². The van der Waals surface area contributed by atoms with E-state index in [1.54, 1.807) is 0 Å². The molecule has 0 atom stereocenters. The molecule has 14 rings (SSSR count). The van der Waals surface area contributed by atoms with Crippen molar-refractivity contribution in [2.75, 3.05) is 9.80 Å². The highest BCUT2D eigenvalue weighted by Gasteiger charge is 2.24. The third-order valence-corrected chi connectivity index (χ3v) is 14.9. The monoisotopic (exact) mass is 959 g/mol. The first-order valence-corrected chi connectivity index (χ1v) is 25.3. The molecule has 0 spiro atoms. The third kappa shape index (κ3) is 7.18. The SMILES string of the molecule is N#Cc1ccc(N(c2ccc3c(c2)c2c(n3-c3ccccc3)CCC=C2)c2ccc3c(c2)c2cc(N(c4ccc(C#N)cc4)c4ccc5c(c4)c4ccccc4n5-c4ccccc4)ccc2n3-c2ccccc2)cc1. The number of hydrogen-bond donors (Lipinski definition) is 0. The topological polar surface area (TPSA) is 68.8 Å². The molecule has 0 N–H and O–H groups in total. The molecule has 75 heavy (non-hydrogen) atoms. The van der Waals surface area contributed by atoms with Gasteiger partial charge in [-0.05, 0) is 177 Å². The molecule has 3 heterocycles. The Morgan fingerprint density at radius 1 is 0.333 bits per heavy atom. The van der Waals surface area contributed by atoms with Gasteiger partial charge >= 0.3 is 0 Å². The molecule has 0 bridgehead atoms. The van der Waals surface area contributed by atoms with Crippen LogP contribution in [0.25, 0.3) is 77.7 Å². The van der Waals surface area contributed by atoms with Gasteiger partial charge in [0.05, 0.1) is 50.8 Å². The fourth-order valence-corrected chi connectivity index (χ4v) is 11.6. The molecule has 1 aliphatic rings. The molecule has 0 saturated carbocycles. The summed E-state index contributed by atoms with van der Waals surface area (Å²) in [5, 5.41) is 25.5. The van der Waals surface area contributed by atoms with E-state index in [9.17, 15) is 10.5 Å². The quantitative estimate of drug-likeness (QED) is 0.145. The molecule has 13 aromatic rings. The number of para-hydroxylation sites is 4. The molecule has 1 aliphatic carbocycles. The van der Waals surface area contributed by atoms with Crippen LogP contribution in [-0.4, -0.2) is 13.7 Å². The van der Waals surface area contributed by atoms with Gasteiger partial charge < -0.3 is 23.5 Å². The van der Waals surface area contributed by atoms with Gasteiger partial charge in [0.15, 0.2) is 0 Å². The number of aromatic nitrogens is 3. The van der Waals surface area contributed by atoms with Crippen molar-refractivity contribution in [1.82, 2.24) is 13.7 Å². The molecule has 3 aromatic heterocycles. The van der Waals surface area contributed by atoms with Gasteiger partial charge in [-0.3, -0.25) is 0 Å². The Bertz CT molecular complexity index is 4470. The predicted octanol–water partition coefficient (Wildman–Crippen LogP) is 17.5. The second kappa shape index (κ2) is 17.8. The van der Waals surface area contributed by atoms with Crippen molar-refractivity contribution in [2.45, 2.75) is 12.8 Å². The van der Waals surface area contributed by atoms with E-state index in [4.69, 9.17) is 0 Å². The van der Waals surface area contributed by atoms with Gasteiger partial charge in [-0.15, -0.1) is 0 Å². The average Bonchev–Trinajstić information content (AvgIpc) is 4.14. The van der Waals surface area contributed by atoms with E-state index in [0.717, 1.165) is 102 Å². The summed E-state index contributed by atoms with van der Waals surface area (Å²) in [5.41, 5.74) is 18.6. The molecule has 7 nitrogen and oxygen atoms in total. The molecule has 352 valence electrons. The summed E-state index contributed by atoms with van der Waals surface area (Å²) in [7, 11) is 0. The molecule has 0 aliphatic heterocycles. The van der Waals surface area contributed by atoms with E-state index in [2.05, 4.69) is 236 Å². The average molecular weight is 960 g/mol. The summed E-state index contributed by atoms with van der Waals surface area (Å²) < 4.78 is 7.12. The van der Waals surface area contributed by atoms with E-state index >= 15 is 0 Å². The number of anilines is 6. The van der Waals surface area contributed by atoms with Gasteiger partial charge in [0.1, 0.15) is 0 Å². The molecule has 10 aromatic carbocycles. The molecule has 0 amide bonds. The van der Waals surface area contributed by atoms with Gasteiger partial charge in [0, 0.05) is 89.4 Å². The van der Waals surface area contributed by atoms with Crippen molar-refractivity contribution in [1.29, 1.82) is 10.5 Å². The first kappa shape index (κ1) is 43.4. The van der Waals surface area contributed by atoms with Crippen molar-refractivity contribution in [3.63, 3.8) is 0 Å². The number of allylic oxidation sites excluding steroid dienone is 1. The lowest BCUT2D eigenvalue weighted by atomic mass is 10.0. The van der Waals surface area contributed by atoms with Crippen molar-refractivity contribution in [3.8, 4) is 29.2 Å². The fourth-order valence-electron chi connectivity index (χ4n) is 11.6. The van der Waals surface area contributed by atoms with Crippen LogP contribution in [0.2, 0.25) is 0 Å². The van der Waals surface area contributed by atoms with Crippen molar-refractivity contribution >= 4 is 94.7 Å². The standard InChI is InChI=1S/C68H45N7/c69-44-46-24-28-51(29-25-46)71(53-32-36-65-59(40-53)57-20-10-12-22-63(57)73(65)48-14-4-1-5-15-48)55-34-38-67-61(42-55)62-43-56(35-39-68(62)75(67)50-18-8-3-9-19-50)72(52-30-26-47(45-70)27-31-52)54-33-37-66-60(41-54)58-21-11-13-23-64(58)74(66)49-16-6-2-7-17-49/h1-12,14-22,24-43H,13,23H2. The lowest BCUT2D eigenvalue weighted by molar-refractivity contribution is 0.888. The van der Waals surface area contributed by atoms with E-state index in [-0.39, 0.29) is 0 Å². The van der Waals surface area contributed by atoms with Crippen LogP contribution in [0.1, 0.15) is 28.8 Å². The first-order chi connectivity index (χ1) is 37.1. The van der Waals surface area contributed by atoms with Crippen molar-refractivity contribution in [2.24, 2.45) is 0 Å². The van der Waals surface area contributed by atoms with Gasteiger partial charge in [-0.2, -0.15) is 10.5 Å². The minimum Gasteiger partial charge on any atom is -0.313 e. The lowest BCUT2D eigenvalue weighted by Gasteiger charge is -2.26. The molecule has 7 heteroatoms. The van der Waals surface area contributed by atoms with Crippen LogP contribution in [0.3, 0.4) is 0 Å². The number of benzene rings is 10.